The molecule has 0 radical (unpaired) electrons. The molecule has 0 amide bonds. The predicted octanol–water partition coefficient (Wildman–Crippen LogP) is 1.97. The van der Waals surface area contributed by atoms with Crippen LogP contribution in [-0.2, 0) is 6.54 Å². The smallest absolute Gasteiger partial charge is 0.125 e. The first-order chi connectivity index (χ1) is 7.28. The summed E-state index contributed by atoms with van der Waals surface area (Å²) in [6, 6.07) is 4.20. The van der Waals surface area contributed by atoms with E-state index in [0.29, 0.717) is 0 Å². The summed E-state index contributed by atoms with van der Waals surface area (Å²) in [6.45, 7) is 2.25. The molecule has 3 heteroatoms. The molecule has 0 unspecified atom stereocenters. The SMILES string of the molecule is CNc1cc(CN(C)CC2CC2)ccn1. The van der Waals surface area contributed by atoms with E-state index in [1.165, 1.54) is 24.9 Å². The molecule has 1 aromatic rings. The zero-order chi connectivity index (χ0) is 10.7. The van der Waals surface area contributed by atoms with Crippen molar-refractivity contribution in [2.75, 3.05) is 26.0 Å². The first-order valence-corrected chi connectivity index (χ1v) is 5.59. The van der Waals surface area contributed by atoms with E-state index in [4.69, 9.17) is 0 Å². The molecular formula is C12H19N3. The van der Waals surface area contributed by atoms with Gasteiger partial charge in [-0.2, -0.15) is 0 Å². The molecule has 15 heavy (non-hydrogen) atoms. The fourth-order valence-corrected chi connectivity index (χ4v) is 1.83. The molecule has 1 heterocycles. The lowest BCUT2D eigenvalue weighted by molar-refractivity contribution is 0.313. The second-order valence-electron chi connectivity index (χ2n) is 4.44. The van der Waals surface area contributed by atoms with Crippen LogP contribution in [0.5, 0.6) is 0 Å². The van der Waals surface area contributed by atoms with Gasteiger partial charge in [0.2, 0.25) is 0 Å². The van der Waals surface area contributed by atoms with Gasteiger partial charge in [-0.1, -0.05) is 0 Å². The number of hydrogen-bond acceptors (Lipinski definition) is 3. The van der Waals surface area contributed by atoms with E-state index in [9.17, 15) is 0 Å². The third-order valence-corrected chi connectivity index (χ3v) is 2.80. The molecule has 1 saturated carbocycles. The van der Waals surface area contributed by atoms with Gasteiger partial charge in [-0.25, -0.2) is 4.98 Å². The van der Waals surface area contributed by atoms with Crippen LogP contribution in [0.3, 0.4) is 0 Å². The van der Waals surface area contributed by atoms with E-state index in [-0.39, 0.29) is 0 Å². The van der Waals surface area contributed by atoms with Gasteiger partial charge in [0.15, 0.2) is 0 Å². The quantitative estimate of drug-likeness (QED) is 0.796. The summed E-state index contributed by atoms with van der Waals surface area (Å²) < 4.78 is 0. The van der Waals surface area contributed by atoms with Gasteiger partial charge in [-0.15, -0.1) is 0 Å². The van der Waals surface area contributed by atoms with Crippen molar-refractivity contribution < 1.29 is 0 Å². The van der Waals surface area contributed by atoms with Crippen molar-refractivity contribution in [3.63, 3.8) is 0 Å². The number of aromatic nitrogens is 1. The standard InChI is InChI=1S/C12H19N3/c1-13-12-7-11(5-6-14-12)9-15(2)8-10-3-4-10/h5-7,10H,3-4,8-9H2,1-2H3,(H,13,14). The number of nitrogens with zero attached hydrogens (tertiary/aromatic N) is 2. The minimum absolute atomic E-state index is 0.951. The summed E-state index contributed by atoms with van der Waals surface area (Å²) in [5.41, 5.74) is 1.33. The van der Waals surface area contributed by atoms with E-state index < -0.39 is 0 Å². The Morgan fingerprint density at radius 3 is 3.00 bits per heavy atom. The average molecular weight is 205 g/mol. The van der Waals surface area contributed by atoms with Crippen LogP contribution in [0.4, 0.5) is 5.82 Å². The van der Waals surface area contributed by atoms with E-state index in [2.05, 4.69) is 34.4 Å². The lowest BCUT2D eigenvalue weighted by atomic mass is 10.2. The molecule has 0 bridgehead atoms. The Labute approximate surface area is 91.5 Å². The topological polar surface area (TPSA) is 28.2 Å². The predicted molar refractivity (Wildman–Crippen MR) is 62.8 cm³/mol. The van der Waals surface area contributed by atoms with Crippen LogP contribution in [0.15, 0.2) is 18.3 Å². The van der Waals surface area contributed by atoms with Crippen LogP contribution >= 0.6 is 0 Å². The Morgan fingerprint density at radius 1 is 1.53 bits per heavy atom. The highest BCUT2D eigenvalue weighted by atomic mass is 15.1. The maximum absolute atomic E-state index is 4.21. The van der Waals surface area contributed by atoms with Crippen LogP contribution in [0.2, 0.25) is 0 Å². The largest absolute Gasteiger partial charge is 0.373 e. The van der Waals surface area contributed by atoms with Gasteiger partial charge in [0.05, 0.1) is 0 Å². The van der Waals surface area contributed by atoms with Crippen LogP contribution in [-0.4, -0.2) is 30.5 Å². The first-order valence-electron chi connectivity index (χ1n) is 5.59. The van der Waals surface area contributed by atoms with Gasteiger partial charge in [-0.05, 0) is 43.5 Å². The second-order valence-corrected chi connectivity index (χ2v) is 4.44. The van der Waals surface area contributed by atoms with Crippen molar-refractivity contribution in [3.05, 3.63) is 23.9 Å². The van der Waals surface area contributed by atoms with Crippen molar-refractivity contribution in [2.45, 2.75) is 19.4 Å². The first kappa shape index (κ1) is 10.4. The Bertz CT molecular complexity index is 320. The number of anilines is 1. The van der Waals surface area contributed by atoms with E-state index in [1.807, 2.05) is 13.2 Å². The molecule has 1 aliphatic carbocycles. The summed E-state index contributed by atoms with van der Waals surface area (Å²) in [5, 5.41) is 3.06. The molecule has 1 aromatic heterocycles. The molecule has 0 saturated heterocycles. The number of rotatable bonds is 5. The molecule has 1 fully saturated rings. The fourth-order valence-electron chi connectivity index (χ4n) is 1.83. The highest BCUT2D eigenvalue weighted by Crippen LogP contribution is 2.29. The van der Waals surface area contributed by atoms with Crippen LogP contribution in [0.1, 0.15) is 18.4 Å². The second kappa shape index (κ2) is 4.62. The maximum atomic E-state index is 4.21. The third-order valence-electron chi connectivity index (χ3n) is 2.80. The van der Waals surface area contributed by atoms with Gasteiger partial charge in [-0.3, -0.25) is 0 Å². The Hall–Kier alpha value is -1.09. The lowest BCUT2D eigenvalue weighted by Gasteiger charge is -2.16. The Morgan fingerprint density at radius 2 is 2.33 bits per heavy atom. The number of nitrogens with one attached hydrogen (secondary N) is 1. The Kier molecular flexibility index (Phi) is 3.21. The molecule has 0 spiro atoms. The molecule has 0 aromatic carbocycles. The van der Waals surface area contributed by atoms with Crippen LogP contribution in [0, 0.1) is 5.92 Å². The van der Waals surface area contributed by atoms with E-state index in [0.717, 1.165) is 18.3 Å². The molecule has 3 nitrogen and oxygen atoms in total. The minimum Gasteiger partial charge on any atom is -0.373 e. The summed E-state index contributed by atoms with van der Waals surface area (Å²) in [6.07, 6.45) is 4.71. The van der Waals surface area contributed by atoms with E-state index in [1.54, 1.807) is 0 Å². The summed E-state index contributed by atoms with van der Waals surface area (Å²) in [5.74, 6) is 1.91. The molecule has 1 aliphatic rings. The summed E-state index contributed by atoms with van der Waals surface area (Å²) in [7, 11) is 4.10. The Balaban J connectivity index is 1.90. The molecule has 0 atom stereocenters. The van der Waals surface area contributed by atoms with Gasteiger partial charge >= 0.3 is 0 Å². The molecule has 1 N–H and O–H groups in total. The average Bonchev–Trinajstić information content (AvgIpc) is 3.02. The highest BCUT2D eigenvalue weighted by molar-refractivity contribution is 5.36. The highest BCUT2D eigenvalue weighted by Gasteiger charge is 2.22. The van der Waals surface area contributed by atoms with Crippen LogP contribution in [0.25, 0.3) is 0 Å². The molecular weight excluding hydrogens is 186 g/mol. The summed E-state index contributed by atoms with van der Waals surface area (Å²) in [4.78, 5) is 6.60. The third kappa shape index (κ3) is 3.20. The molecule has 0 aliphatic heterocycles. The zero-order valence-corrected chi connectivity index (χ0v) is 9.53. The maximum Gasteiger partial charge on any atom is 0.125 e. The minimum atomic E-state index is 0.951. The molecule has 82 valence electrons. The van der Waals surface area contributed by atoms with E-state index >= 15 is 0 Å². The number of hydrogen-bond donors (Lipinski definition) is 1. The fraction of sp³-hybridized carbons (Fsp3) is 0.583. The van der Waals surface area contributed by atoms with Gasteiger partial charge in [0.1, 0.15) is 5.82 Å². The molecule has 2 rings (SSSR count). The van der Waals surface area contributed by atoms with Crippen LogP contribution < -0.4 is 5.32 Å². The zero-order valence-electron chi connectivity index (χ0n) is 9.53. The van der Waals surface area contributed by atoms with Crippen molar-refractivity contribution in [1.82, 2.24) is 9.88 Å². The van der Waals surface area contributed by atoms with Crippen molar-refractivity contribution >= 4 is 5.82 Å². The van der Waals surface area contributed by atoms with Crippen molar-refractivity contribution in [2.24, 2.45) is 5.92 Å². The number of pyridine rings is 1. The van der Waals surface area contributed by atoms with Gasteiger partial charge in [0, 0.05) is 26.3 Å². The van der Waals surface area contributed by atoms with Gasteiger partial charge in [0.25, 0.3) is 0 Å². The normalized spacial score (nSPS) is 15.7. The summed E-state index contributed by atoms with van der Waals surface area (Å²) >= 11 is 0. The lowest BCUT2D eigenvalue weighted by Crippen LogP contribution is -2.20. The van der Waals surface area contributed by atoms with Gasteiger partial charge < -0.3 is 10.2 Å². The monoisotopic (exact) mass is 205 g/mol. The van der Waals surface area contributed by atoms with Crippen molar-refractivity contribution in [1.29, 1.82) is 0 Å². The van der Waals surface area contributed by atoms with Crippen molar-refractivity contribution in [3.8, 4) is 0 Å².